The number of nitrogens with one attached hydrogen (secondary N) is 1. The molecule has 0 radical (unpaired) electrons. The summed E-state index contributed by atoms with van der Waals surface area (Å²) in [6.07, 6.45) is 1.52. The first kappa shape index (κ1) is 14.7. The first-order valence-electron chi connectivity index (χ1n) is 5.99. The van der Waals surface area contributed by atoms with Gasteiger partial charge in [0, 0.05) is 25.0 Å². The molecule has 0 aliphatic carbocycles. The van der Waals surface area contributed by atoms with E-state index < -0.39 is 18.1 Å². The normalized spacial score (nSPS) is 10.5. The molecule has 2 rings (SSSR count). The van der Waals surface area contributed by atoms with Crippen molar-refractivity contribution >= 4 is 11.6 Å². The lowest BCUT2D eigenvalue weighted by Crippen LogP contribution is -2.27. The molecule has 110 valence electrons. The molecule has 2 aromatic rings. The van der Waals surface area contributed by atoms with E-state index in [4.69, 9.17) is 0 Å². The third kappa shape index (κ3) is 3.65. The second-order valence-electron chi connectivity index (χ2n) is 4.20. The number of halogens is 2. The monoisotopic (exact) mass is 294 g/mol. The molecule has 0 aliphatic heterocycles. The van der Waals surface area contributed by atoms with E-state index in [1.54, 1.807) is 6.07 Å². The van der Waals surface area contributed by atoms with Gasteiger partial charge in [-0.25, -0.2) is 0 Å². The number of alkyl halides is 2. The van der Waals surface area contributed by atoms with Crippen LogP contribution in [0, 0.1) is 0 Å². The van der Waals surface area contributed by atoms with Gasteiger partial charge >= 0.3 is 6.61 Å². The summed E-state index contributed by atoms with van der Waals surface area (Å²) in [5, 5.41) is 2.46. The quantitative estimate of drug-likeness (QED) is 0.940. The van der Waals surface area contributed by atoms with E-state index in [2.05, 4.69) is 10.1 Å². The van der Waals surface area contributed by atoms with Crippen LogP contribution >= 0.6 is 0 Å². The molecule has 21 heavy (non-hydrogen) atoms. The first-order valence-corrected chi connectivity index (χ1v) is 5.99. The lowest BCUT2D eigenvalue weighted by molar-refractivity contribution is -0.0497. The van der Waals surface area contributed by atoms with Gasteiger partial charge in [0.25, 0.3) is 11.5 Å². The minimum Gasteiger partial charge on any atom is -0.435 e. The molecule has 1 heterocycles. The summed E-state index contributed by atoms with van der Waals surface area (Å²) in [6, 6.07) is 8.49. The Morgan fingerprint density at radius 1 is 1.29 bits per heavy atom. The number of aromatic nitrogens is 1. The molecule has 0 bridgehead atoms. The van der Waals surface area contributed by atoms with Crippen molar-refractivity contribution in [2.24, 2.45) is 7.05 Å². The van der Waals surface area contributed by atoms with Crippen molar-refractivity contribution in [3.05, 3.63) is 58.5 Å². The van der Waals surface area contributed by atoms with Crippen LogP contribution < -0.4 is 15.6 Å². The standard InChI is InChI=1S/C14H12F2N2O3/c1-18-7-3-6-11(13(18)20)12(19)17-9-4-2-5-10(8-9)21-14(15)16/h2-8,14H,1H3,(H,17,19). The first-order chi connectivity index (χ1) is 9.97. The Labute approximate surface area is 118 Å². The maximum absolute atomic E-state index is 12.1. The average molecular weight is 294 g/mol. The van der Waals surface area contributed by atoms with Crippen molar-refractivity contribution in [3.63, 3.8) is 0 Å². The molecular weight excluding hydrogens is 282 g/mol. The van der Waals surface area contributed by atoms with Crippen molar-refractivity contribution in [3.8, 4) is 5.75 Å². The summed E-state index contributed by atoms with van der Waals surface area (Å²) < 4.78 is 29.8. The fourth-order valence-electron chi connectivity index (χ4n) is 1.72. The number of ether oxygens (including phenoxy) is 1. The van der Waals surface area contributed by atoms with Gasteiger partial charge in [0.05, 0.1) is 0 Å². The SMILES string of the molecule is Cn1cccc(C(=O)Nc2cccc(OC(F)F)c2)c1=O. The summed E-state index contributed by atoms with van der Waals surface area (Å²) >= 11 is 0. The summed E-state index contributed by atoms with van der Waals surface area (Å²) in [4.78, 5) is 23.8. The maximum atomic E-state index is 12.1. The molecule has 5 nitrogen and oxygen atoms in total. The number of carbonyl (C=O) groups excluding carboxylic acids is 1. The third-order valence-electron chi connectivity index (χ3n) is 2.69. The smallest absolute Gasteiger partial charge is 0.387 e. The Morgan fingerprint density at radius 2 is 2.05 bits per heavy atom. The molecule has 0 spiro atoms. The minimum absolute atomic E-state index is 0.0415. The molecule has 7 heteroatoms. The van der Waals surface area contributed by atoms with Gasteiger partial charge in [-0.15, -0.1) is 0 Å². The van der Waals surface area contributed by atoms with Crippen LogP contribution in [0.4, 0.5) is 14.5 Å². The largest absolute Gasteiger partial charge is 0.435 e. The number of amides is 1. The predicted molar refractivity (Wildman–Crippen MR) is 72.7 cm³/mol. The summed E-state index contributed by atoms with van der Waals surface area (Å²) in [6.45, 7) is -2.95. The molecule has 1 amide bonds. The summed E-state index contributed by atoms with van der Waals surface area (Å²) in [5.41, 5.74) is -0.237. The van der Waals surface area contributed by atoms with Crippen LogP contribution in [0.3, 0.4) is 0 Å². The van der Waals surface area contributed by atoms with E-state index in [1.165, 1.54) is 48.1 Å². The van der Waals surface area contributed by atoms with Gasteiger partial charge in [0.15, 0.2) is 0 Å². The van der Waals surface area contributed by atoms with Crippen LogP contribution in [0.5, 0.6) is 5.75 Å². The van der Waals surface area contributed by atoms with Crippen molar-refractivity contribution in [1.82, 2.24) is 4.57 Å². The Bertz CT molecular complexity index is 713. The van der Waals surface area contributed by atoms with E-state index in [-0.39, 0.29) is 17.0 Å². The molecule has 0 unspecified atom stereocenters. The van der Waals surface area contributed by atoms with Gasteiger partial charge in [0.2, 0.25) is 0 Å². The molecular formula is C14H12F2N2O3. The van der Waals surface area contributed by atoms with Crippen molar-refractivity contribution in [1.29, 1.82) is 0 Å². The highest BCUT2D eigenvalue weighted by molar-refractivity contribution is 6.04. The highest BCUT2D eigenvalue weighted by atomic mass is 19.3. The fourth-order valence-corrected chi connectivity index (χ4v) is 1.72. The lowest BCUT2D eigenvalue weighted by Gasteiger charge is -2.08. The van der Waals surface area contributed by atoms with Gasteiger partial charge in [-0.1, -0.05) is 6.07 Å². The number of hydrogen-bond acceptors (Lipinski definition) is 3. The van der Waals surface area contributed by atoms with Crippen LogP contribution in [-0.2, 0) is 7.05 Å². The van der Waals surface area contributed by atoms with Gasteiger partial charge in [0.1, 0.15) is 11.3 Å². The van der Waals surface area contributed by atoms with Crippen LogP contribution in [0.15, 0.2) is 47.4 Å². The Balaban J connectivity index is 2.20. The van der Waals surface area contributed by atoms with Crippen molar-refractivity contribution in [2.45, 2.75) is 6.61 Å². The molecule has 0 saturated carbocycles. The van der Waals surface area contributed by atoms with E-state index >= 15 is 0 Å². The number of nitrogens with zero attached hydrogens (tertiary/aromatic N) is 1. The second-order valence-corrected chi connectivity index (χ2v) is 4.20. The summed E-state index contributed by atoms with van der Waals surface area (Å²) in [7, 11) is 1.52. The zero-order valence-corrected chi connectivity index (χ0v) is 11.0. The van der Waals surface area contributed by atoms with Crippen molar-refractivity contribution in [2.75, 3.05) is 5.32 Å². The average Bonchev–Trinajstić information content (AvgIpc) is 2.41. The fraction of sp³-hybridized carbons (Fsp3) is 0.143. The number of hydrogen-bond donors (Lipinski definition) is 1. The van der Waals surface area contributed by atoms with Crippen molar-refractivity contribution < 1.29 is 18.3 Å². The molecule has 1 aromatic carbocycles. The Hall–Kier alpha value is -2.70. The predicted octanol–water partition coefficient (Wildman–Crippen LogP) is 2.24. The number of rotatable bonds is 4. The van der Waals surface area contributed by atoms with E-state index in [1.807, 2.05) is 0 Å². The maximum Gasteiger partial charge on any atom is 0.387 e. The molecule has 0 fully saturated rings. The number of carbonyl (C=O) groups is 1. The highest BCUT2D eigenvalue weighted by Crippen LogP contribution is 2.19. The minimum atomic E-state index is -2.95. The number of benzene rings is 1. The Morgan fingerprint density at radius 3 is 2.76 bits per heavy atom. The third-order valence-corrected chi connectivity index (χ3v) is 2.69. The highest BCUT2D eigenvalue weighted by Gasteiger charge is 2.12. The van der Waals surface area contributed by atoms with Crippen LogP contribution in [0.1, 0.15) is 10.4 Å². The zero-order chi connectivity index (χ0) is 15.4. The van der Waals surface area contributed by atoms with Gasteiger partial charge < -0.3 is 14.6 Å². The van der Waals surface area contributed by atoms with Gasteiger partial charge in [-0.05, 0) is 24.3 Å². The molecule has 1 N–H and O–H groups in total. The number of aryl methyl sites for hydroxylation is 1. The number of pyridine rings is 1. The number of anilines is 1. The molecule has 0 saturated heterocycles. The topological polar surface area (TPSA) is 60.3 Å². The van der Waals surface area contributed by atoms with Gasteiger partial charge in [-0.3, -0.25) is 9.59 Å². The Kier molecular flexibility index (Phi) is 4.32. The van der Waals surface area contributed by atoms with Gasteiger partial charge in [-0.2, -0.15) is 8.78 Å². The molecule has 1 aromatic heterocycles. The van der Waals surface area contributed by atoms with E-state index in [9.17, 15) is 18.4 Å². The van der Waals surface area contributed by atoms with Crippen LogP contribution in [0.25, 0.3) is 0 Å². The van der Waals surface area contributed by atoms with Crippen LogP contribution in [0.2, 0.25) is 0 Å². The molecule has 0 atom stereocenters. The van der Waals surface area contributed by atoms with E-state index in [0.29, 0.717) is 0 Å². The second kappa shape index (κ2) is 6.17. The summed E-state index contributed by atoms with van der Waals surface area (Å²) in [5.74, 6) is -0.700. The van der Waals surface area contributed by atoms with Crippen LogP contribution in [-0.4, -0.2) is 17.1 Å². The van der Waals surface area contributed by atoms with E-state index in [0.717, 1.165) is 0 Å². The zero-order valence-electron chi connectivity index (χ0n) is 11.0. The lowest BCUT2D eigenvalue weighted by atomic mass is 10.2. The molecule has 0 aliphatic rings.